The van der Waals surface area contributed by atoms with Crippen molar-refractivity contribution in [1.82, 2.24) is 4.40 Å². The van der Waals surface area contributed by atoms with Crippen molar-refractivity contribution in [1.29, 1.82) is 5.26 Å². The summed E-state index contributed by atoms with van der Waals surface area (Å²) in [6.07, 6.45) is 1.96. The zero-order valence-electron chi connectivity index (χ0n) is 9.47. The van der Waals surface area contributed by atoms with Gasteiger partial charge in [-0.25, -0.2) is 0 Å². The van der Waals surface area contributed by atoms with Crippen molar-refractivity contribution in [2.45, 2.75) is 0 Å². The maximum atomic E-state index is 9.16. The van der Waals surface area contributed by atoms with E-state index in [1.54, 1.807) is 0 Å². The van der Waals surface area contributed by atoms with Crippen LogP contribution < -0.4 is 0 Å². The van der Waals surface area contributed by atoms with E-state index < -0.39 is 0 Å². The molecule has 3 aromatic rings. The highest BCUT2D eigenvalue weighted by Crippen LogP contribution is 2.26. The summed E-state index contributed by atoms with van der Waals surface area (Å²) in [5, 5.41) is 9.86. The van der Waals surface area contributed by atoms with Crippen LogP contribution in [-0.4, -0.2) is 4.40 Å². The maximum Gasteiger partial charge on any atom is 0.101 e. The molecule has 2 heterocycles. The van der Waals surface area contributed by atoms with E-state index in [2.05, 4.69) is 6.07 Å². The molecule has 0 aliphatic carbocycles. The van der Waals surface area contributed by atoms with Gasteiger partial charge in [-0.1, -0.05) is 29.8 Å². The Morgan fingerprint density at radius 1 is 1.06 bits per heavy atom. The summed E-state index contributed by atoms with van der Waals surface area (Å²) >= 11 is 5.89. The van der Waals surface area contributed by atoms with Crippen molar-refractivity contribution in [2.75, 3.05) is 0 Å². The van der Waals surface area contributed by atoms with Gasteiger partial charge in [-0.2, -0.15) is 5.26 Å². The van der Waals surface area contributed by atoms with Crippen LogP contribution in [0.1, 0.15) is 5.56 Å². The summed E-state index contributed by atoms with van der Waals surface area (Å²) in [6, 6.07) is 17.6. The van der Waals surface area contributed by atoms with Gasteiger partial charge in [-0.15, -0.1) is 0 Å². The molecule has 3 rings (SSSR count). The number of halogens is 1. The van der Waals surface area contributed by atoms with Crippen molar-refractivity contribution >= 4 is 17.1 Å². The number of hydrogen-bond acceptors (Lipinski definition) is 1. The fourth-order valence-corrected chi connectivity index (χ4v) is 2.21. The highest BCUT2D eigenvalue weighted by Gasteiger charge is 2.09. The van der Waals surface area contributed by atoms with Crippen LogP contribution in [0.5, 0.6) is 0 Å². The fraction of sp³-hybridized carbons (Fsp3) is 0. The molecular formula is C15H9ClN2. The summed E-state index contributed by atoms with van der Waals surface area (Å²) in [4.78, 5) is 0. The van der Waals surface area contributed by atoms with Crippen LogP contribution in [-0.2, 0) is 0 Å². The molecular weight excluding hydrogens is 244 g/mol. The smallest absolute Gasteiger partial charge is 0.101 e. The first kappa shape index (κ1) is 10.9. The molecule has 0 bridgehead atoms. The minimum Gasteiger partial charge on any atom is -0.315 e. The summed E-state index contributed by atoms with van der Waals surface area (Å²) in [5.74, 6) is 0. The summed E-state index contributed by atoms with van der Waals surface area (Å²) < 4.78 is 2.02. The van der Waals surface area contributed by atoms with Gasteiger partial charge in [-0.05, 0) is 35.9 Å². The monoisotopic (exact) mass is 252 g/mol. The second-order valence-electron chi connectivity index (χ2n) is 4.02. The fourth-order valence-electron chi connectivity index (χ4n) is 2.09. The molecule has 1 aromatic carbocycles. The number of fused-ring (bicyclic) bond motifs is 1. The molecule has 86 valence electrons. The van der Waals surface area contributed by atoms with Crippen LogP contribution in [0, 0.1) is 11.3 Å². The van der Waals surface area contributed by atoms with Crippen molar-refractivity contribution in [3.05, 3.63) is 65.3 Å². The van der Waals surface area contributed by atoms with E-state index in [1.165, 1.54) is 0 Å². The first-order valence-electron chi connectivity index (χ1n) is 5.56. The molecule has 0 aliphatic heterocycles. The molecule has 0 amide bonds. The molecule has 0 spiro atoms. The molecule has 2 nitrogen and oxygen atoms in total. The van der Waals surface area contributed by atoms with E-state index in [-0.39, 0.29) is 0 Å². The van der Waals surface area contributed by atoms with Crippen LogP contribution in [0.15, 0.2) is 54.7 Å². The third-order valence-corrected chi connectivity index (χ3v) is 3.19. The lowest BCUT2D eigenvalue weighted by molar-refractivity contribution is 1.20. The Hall–Kier alpha value is -2.24. The number of nitrogens with zero attached hydrogens (tertiary/aromatic N) is 2. The first-order chi connectivity index (χ1) is 8.79. The summed E-state index contributed by atoms with van der Waals surface area (Å²) in [6.45, 7) is 0. The van der Waals surface area contributed by atoms with E-state index in [9.17, 15) is 0 Å². The van der Waals surface area contributed by atoms with Crippen LogP contribution in [0.25, 0.3) is 16.8 Å². The molecule has 0 saturated carbocycles. The summed E-state index contributed by atoms with van der Waals surface area (Å²) in [5.41, 5.74) is 3.64. The van der Waals surface area contributed by atoms with E-state index in [0.29, 0.717) is 10.6 Å². The zero-order valence-corrected chi connectivity index (χ0v) is 10.2. The van der Waals surface area contributed by atoms with Gasteiger partial charge in [0, 0.05) is 11.2 Å². The van der Waals surface area contributed by atoms with Gasteiger partial charge in [0.05, 0.1) is 16.8 Å². The molecule has 0 atom stereocenters. The van der Waals surface area contributed by atoms with Crippen LogP contribution in [0.2, 0.25) is 5.02 Å². The molecule has 3 heteroatoms. The largest absolute Gasteiger partial charge is 0.315 e. The Morgan fingerprint density at radius 2 is 1.83 bits per heavy atom. The molecule has 18 heavy (non-hydrogen) atoms. The van der Waals surface area contributed by atoms with E-state index in [0.717, 1.165) is 16.8 Å². The Morgan fingerprint density at radius 3 is 2.56 bits per heavy atom. The topological polar surface area (TPSA) is 28.2 Å². The van der Waals surface area contributed by atoms with Gasteiger partial charge in [0.2, 0.25) is 0 Å². The van der Waals surface area contributed by atoms with E-state index in [1.807, 2.05) is 59.1 Å². The summed E-state index contributed by atoms with van der Waals surface area (Å²) in [7, 11) is 0. The third kappa shape index (κ3) is 1.66. The predicted molar refractivity (Wildman–Crippen MR) is 72.6 cm³/mol. The van der Waals surface area contributed by atoms with Gasteiger partial charge in [0.15, 0.2) is 0 Å². The molecule has 0 fully saturated rings. The molecule has 0 saturated heterocycles. The van der Waals surface area contributed by atoms with Crippen molar-refractivity contribution in [3.63, 3.8) is 0 Å². The highest BCUT2D eigenvalue weighted by molar-refractivity contribution is 6.30. The van der Waals surface area contributed by atoms with Gasteiger partial charge in [-0.3, -0.25) is 0 Å². The predicted octanol–water partition coefficient (Wildman–Crippen LogP) is 4.13. The lowest BCUT2D eigenvalue weighted by Gasteiger charge is -2.02. The van der Waals surface area contributed by atoms with Crippen LogP contribution in [0.4, 0.5) is 0 Å². The van der Waals surface area contributed by atoms with Crippen molar-refractivity contribution in [3.8, 4) is 17.3 Å². The van der Waals surface area contributed by atoms with Gasteiger partial charge < -0.3 is 4.40 Å². The van der Waals surface area contributed by atoms with Gasteiger partial charge in [0.1, 0.15) is 6.07 Å². The number of hydrogen-bond donors (Lipinski definition) is 0. The Labute approximate surface area is 110 Å². The standard InChI is InChI=1S/C15H9ClN2/c16-13-6-4-11(5-7-13)15-9-12(10-17)14-3-1-2-8-18(14)15/h1-9H. The number of pyridine rings is 1. The molecule has 0 aliphatic rings. The quantitative estimate of drug-likeness (QED) is 0.640. The average molecular weight is 253 g/mol. The maximum absolute atomic E-state index is 9.16. The zero-order chi connectivity index (χ0) is 12.5. The minimum absolute atomic E-state index is 0.681. The number of aromatic nitrogens is 1. The average Bonchev–Trinajstić information content (AvgIpc) is 2.79. The lowest BCUT2D eigenvalue weighted by atomic mass is 10.1. The molecule has 0 unspecified atom stereocenters. The Balaban J connectivity index is 2.30. The van der Waals surface area contributed by atoms with Crippen LogP contribution >= 0.6 is 11.6 Å². The van der Waals surface area contributed by atoms with Crippen molar-refractivity contribution in [2.24, 2.45) is 0 Å². The van der Waals surface area contributed by atoms with Gasteiger partial charge in [0.25, 0.3) is 0 Å². The van der Waals surface area contributed by atoms with E-state index >= 15 is 0 Å². The number of rotatable bonds is 1. The molecule has 2 aromatic heterocycles. The number of benzene rings is 1. The number of nitriles is 1. The second-order valence-corrected chi connectivity index (χ2v) is 4.45. The molecule has 0 radical (unpaired) electrons. The third-order valence-electron chi connectivity index (χ3n) is 2.94. The Kier molecular flexibility index (Phi) is 2.55. The second kappa shape index (κ2) is 4.21. The van der Waals surface area contributed by atoms with E-state index in [4.69, 9.17) is 16.9 Å². The molecule has 0 N–H and O–H groups in total. The lowest BCUT2D eigenvalue weighted by Crippen LogP contribution is -1.86. The normalized spacial score (nSPS) is 10.4. The van der Waals surface area contributed by atoms with Crippen LogP contribution in [0.3, 0.4) is 0 Å². The first-order valence-corrected chi connectivity index (χ1v) is 5.93. The SMILES string of the molecule is N#Cc1cc(-c2ccc(Cl)cc2)n2ccccc12. The highest BCUT2D eigenvalue weighted by atomic mass is 35.5. The van der Waals surface area contributed by atoms with Crippen molar-refractivity contribution < 1.29 is 0 Å². The Bertz CT molecular complexity index is 748. The minimum atomic E-state index is 0.681. The van der Waals surface area contributed by atoms with Gasteiger partial charge >= 0.3 is 0 Å².